The number of methoxy groups -OCH3 is 1. The van der Waals surface area contributed by atoms with E-state index >= 15 is 0 Å². The van der Waals surface area contributed by atoms with E-state index in [1.807, 2.05) is 24.3 Å². The van der Waals surface area contributed by atoms with Crippen LogP contribution < -0.4 is 20.1 Å². The number of nitrogens with zero attached hydrogens (tertiary/aromatic N) is 1. The van der Waals surface area contributed by atoms with Crippen molar-refractivity contribution in [3.8, 4) is 11.5 Å². The molecule has 26 heavy (non-hydrogen) atoms. The molecule has 0 spiro atoms. The first-order valence-electron chi connectivity index (χ1n) is 7.72. The van der Waals surface area contributed by atoms with E-state index in [2.05, 4.69) is 20.4 Å². The van der Waals surface area contributed by atoms with E-state index in [-0.39, 0.29) is 29.7 Å². The first-order chi connectivity index (χ1) is 12.1. The Hall–Kier alpha value is -2.10. The number of ether oxygens (including phenoxy) is 2. The van der Waals surface area contributed by atoms with Crippen LogP contribution in [0.3, 0.4) is 0 Å². The number of alkyl halides is 2. The van der Waals surface area contributed by atoms with Gasteiger partial charge in [-0.05, 0) is 23.8 Å². The summed E-state index contributed by atoms with van der Waals surface area (Å²) in [6.07, 6.45) is 0. The first kappa shape index (κ1) is 21.9. The normalized spacial score (nSPS) is 10.9. The van der Waals surface area contributed by atoms with E-state index in [4.69, 9.17) is 4.74 Å². The van der Waals surface area contributed by atoms with Crippen molar-refractivity contribution in [2.45, 2.75) is 19.7 Å². The van der Waals surface area contributed by atoms with Crippen molar-refractivity contribution in [1.82, 2.24) is 10.6 Å². The lowest BCUT2D eigenvalue weighted by Gasteiger charge is -2.14. The lowest BCUT2D eigenvalue weighted by molar-refractivity contribution is -0.0504. The number of hydrogen-bond donors (Lipinski definition) is 2. The molecule has 0 fully saturated rings. The van der Waals surface area contributed by atoms with Crippen LogP contribution in [0, 0.1) is 0 Å². The van der Waals surface area contributed by atoms with Gasteiger partial charge in [-0.3, -0.25) is 4.99 Å². The predicted molar refractivity (Wildman–Crippen MR) is 109 cm³/mol. The summed E-state index contributed by atoms with van der Waals surface area (Å²) in [5, 5.41) is 6.24. The highest BCUT2D eigenvalue weighted by Gasteiger charge is 2.09. The fourth-order valence-corrected chi connectivity index (χ4v) is 2.19. The molecule has 0 aliphatic rings. The van der Waals surface area contributed by atoms with Crippen LogP contribution in [0.5, 0.6) is 11.5 Å². The average Bonchev–Trinajstić information content (AvgIpc) is 2.63. The summed E-state index contributed by atoms with van der Waals surface area (Å²) in [5.41, 5.74) is 1.68. The Kier molecular flexibility index (Phi) is 9.71. The summed E-state index contributed by atoms with van der Waals surface area (Å²) in [4.78, 5) is 4.12. The molecule has 0 bridgehead atoms. The molecule has 8 heteroatoms. The van der Waals surface area contributed by atoms with Crippen molar-refractivity contribution in [3.63, 3.8) is 0 Å². The monoisotopic (exact) mass is 477 g/mol. The highest BCUT2D eigenvalue weighted by atomic mass is 127. The van der Waals surface area contributed by atoms with Crippen LogP contribution in [0.25, 0.3) is 0 Å². The van der Waals surface area contributed by atoms with E-state index in [1.165, 1.54) is 6.07 Å². The quantitative estimate of drug-likeness (QED) is 0.362. The molecule has 2 rings (SSSR count). The van der Waals surface area contributed by atoms with Gasteiger partial charge in [0.2, 0.25) is 0 Å². The molecule has 0 heterocycles. The molecule has 0 amide bonds. The number of guanidine groups is 1. The minimum atomic E-state index is -2.85. The number of aliphatic imine (C=N–C) groups is 1. The van der Waals surface area contributed by atoms with E-state index in [0.717, 1.165) is 11.3 Å². The Bertz CT molecular complexity index is 697. The van der Waals surface area contributed by atoms with Gasteiger partial charge in [-0.1, -0.05) is 30.3 Å². The van der Waals surface area contributed by atoms with Gasteiger partial charge < -0.3 is 20.1 Å². The van der Waals surface area contributed by atoms with Crippen LogP contribution in [-0.2, 0) is 13.1 Å². The van der Waals surface area contributed by atoms with Gasteiger partial charge >= 0.3 is 6.61 Å². The third-order valence-electron chi connectivity index (χ3n) is 3.48. The maximum Gasteiger partial charge on any atom is 0.387 e. The zero-order valence-electron chi connectivity index (χ0n) is 14.5. The Morgan fingerprint density at radius 3 is 2.31 bits per heavy atom. The number of nitrogens with one attached hydrogen (secondary N) is 2. The highest BCUT2D eigenvalue weighted by molar-refractivity contribution is 14.0. The molecule has 0 aliphatic carbocycles. The highest BCUT2D eigenvalue weighted by Crippen LogP contribution is 2.19. The minimum Gasteiger partial charge on any atom is -0.497 e. The van der Waals surface area contributed by atoms with E-state index in [1.54, 1.807) is 32.4 Å². The number of halogens is 3. The van der Waals surface area contributed by atoms with Crippen LogP contribution >= 0.6 is 24.0 Å². The van der Waals surface area contributed by atoms with Crippen LogP contribution in [0.15, 0.2) is 53.5 Å². The fourth-order valence-electron chi connectivity index (χ4n) is 2.19. The molecule has 5 nitrogen and oxygen atoms in total. The smallest absolute Gasteiger partial charge is 0.387 e. The van der Waals surface area contributed by atoms with Crippen molar-refractivity contribution < 1.29 is 18.3 Å². The standard InChI is InChI=1S/C18H21F2N3O2.HI/c1-21-18(22-11-13-7-9-15(24-2)10-8-13)23-12-14-5-3-4-6-16(14)25-17(19)20;/h3-10,17H,11-12H2,1-2H3,(H2,21,22,23);1H. The molecular weight excluding hydrogens is 455 g/mol. The molecule has 0 saturated carbocycles. The van der Waals surface area contributed by atoms with Crippen LogP contribution in [0.1, 0.15) is 11.1 Å². The van der Waals surface area contributed by atoms with Gasteiger partial charge in [-0.25, -0.2) is 0 Å². The van der Waals surface area contributed by atoms with Gasteiger partial charge in [0.05, 0.1) is 7.11 Å². The molecule has 2 aromatic carbocycles. The number of para-hydroxylation sites is 1. The van der Waals surface area contributed by atoms with Crippen molar-refractivity contribution in [2.24, 2.45) is 4.99 Å². The maximum absolute atomic E-state index is 12.4. The second-order valence-electron chi connectivity index (χ2n) is 5.11. The van der Waals surface area contributed by atoms with Crippen LogP contribution in [0.2, 0.25) is 0 Å². The van der Waals surface area contributed by atoms with Crippen molar-refractivity contribution >= 4 is 29.9 Å². The molecule has 0 saturated heterocycles. The minimum absolute atomic E-state index is 0. The predicted octanol–water partition coefficient (Wildman–Crippen LogP) is 3.78. The molecule has 2 N–H and O–H groups in total. The molecule has 142 valence electrons. The Morgan fingerprint density at radius 1 is 1.04 bits per heavy atom. The molecule has 0 atom stereocenters. The van der Waals surface area contributed by atoms with Gasteiger partial charge in [0.15, 0.2) is 5.96 Å². The number of hydrogen-bond acceptors (Lipinski definition) is 3. The summed E-state index contributed by atoms with van der Waals surface area (Å²) in [7, 11) is 3.26. The second kappa shape index (κ2) is 11.5. The molecule has 0 radical (unpaired) electrons. The van der Waals surface area contributed by atoms with Crippen molar-refractivity contribution in [2.75, 3.05) is 14.2 Å². The molecule has 0 unspecified atom stereocenters. The second-order valence-corrected chi connectivity index (χ2v) is 5.11. The molecule has 2 aromatic rings. The summed E-state index contributed by atoms with van der Waals surface area (Å²) < 4.78 is 34.5. The number of rotatable bonds is 7. The lowest BCUT2D eigenvalue weighted by atomic mass is 10.2. The third-order valence-corrected chi connectivity index (χ3v) is 3.48. The Labute approximate surface area is 168 Å². The van der Waals surface area contributed by atoms with Gasteiger partial charge in [0, 0.05) is 25.7 Å². The summed E-state index contributed by atoms with van der Waals surface area (Å²) in [6.45, 7) is -1.97. The van der Waals surface area contributed by atoms with Crippen molar-refractivity contribution in [1.29, 1.82) is 0 Å². The SMILES string of the molecule is CN=C(NCc1ccc(OC)cc1)NCc1ccccc1OC(F)F.I. The van der Waals surface area contributed by atoms with E-state index in [9.17, 15) is 8.78 Å². The largest absolute Gasteiger partial charge is 0.497 e. The number of benzene rings is 2. The van der Waals surface area contributed by atoms with Gasteiger partial charge in [0.1, 0.15) is 11.5 Å². The van der Waals surface area contributed by atoms with Gasteiger partial charge in [-0.15, -0.1) is 24.0 Å². The van der Waals surface area contributed by atoms with Crippen LogP contribution in [-0.4, -0.2) is 26.7 Å². The van der Waals surface area contributed by atoms with Gasteiger partial charge in [-0.2, -0.15) is 8.78 Å². The molecule has 0 aliphatic heterocycles. The summed E-state index contributed by atoms with van der Waals surface area (Å²) in [6, 6.07) is 14.3. The Balaban J connectivity index is 0.00000338. The zero-order valence-corrected chi connectivity index (χ0v) is 16.9. The van der Waals surface area contributed by atoms with E-state index < -0.39 is 6.61 Å². The molecule has 0 aromatic heterocycles. The maximum atomic E-state index is 12.4. The topological polar surface area (TPSA) is 54.9 Å². The first-order valence-corrected chi connectivity index (χ1v) is 7.72. The van der Waals surface area contributed by atoms with E-state index in [0.29, 0.717) is 24.6 Å². The zero-order chi connectivity index (χ0) is 18.1. The fraction of sp³-hybridized carbons (Fsp3) is 0.278. The van der Waals surface area contributed by atoms with Crippen LogP contribution in [0.4, 0.5) is 8.78 Å². The molecular formula is C18H22F2IN3O2. The summed E-state index contributed by atoms with van der Waals surface area (Å²) in [5.74, 6) is 1.50. The lowest BCUT2D eigenvalue weighted by Crippen LogP contribution is -2.36. The summed E-state index contributed by atoms with van der Waals surface area (Å²) >= 11 is 0. The average molecular weight is 477 g/mol. The third kappa shape index (κ3) is 7.03. The van der Waals surface area contributed by atoms with Crippen molar-refractivity contribution in [3.05, 3.63) is 59.7 Å². The Morgan fingerprint density at radius 2 is 1.69 bits per heavy atom. The van der Waals surface area contributed by atoms with Gasteiger partial charge in [0.25, 0.3) is 0 Å².